The SMILES string of the molecule is CC(=NC(C1=CCCC=C1)=C(C)C)c1cccc2oc3c(-c4cc(C(C)(C)C)cc5c4oc4c(C(C)(C)C)cc(C(C)(C)C)cc45)cccc3c12. The number of nitrogens with zero attached hydrogens (tertiary/aromatic N) is 1. The Hall–Kier alpha value is -4.63. The second kappa shape index (κ2) is 12.3. The minimum Gasteiger partial charge on any atom is -0.455 e. The van der Waals surface area contributed by atoms with Gasteiger partial charge < -0.3 is 8.83 Å². The van der Waals surface area contributed by atoms with Gasteiger partial charge in [-0.1, -0.05) is 123 Å². The van der Waals surface area contributed by atoms with E-state index in [2.05, 4.69) is 162 Å². The van der Waals surface area contributed by atoms with E-state index in [4.69, 9.17) is 13.8 Å². The Morgan fingerprint density at radius 2 is 1.27 bits per heavy atom. The number of furan rings is 2. The lowest BCUT2D eigenvalue weighted by atomic mass is 9.79. The molecule has 0 amide bonds. The van der Waals surface area contributed by atoms with Crippen molar-refractivity contribution in [2.45, 2.75) is 112 Å². The van der Waals surface area contributed by atoms with Gasteiger partial charge in [-0.05, 0) is 90.8 Å². The van der Waals surface area contributed by atoms with E-state index < -0.39 is 0 Å². The highest BCUT2D eigenvalue weighted by Gasteiger charge is 2.28. The number of fused-ring (bicyclic) bond motifs is 6. The fraction of sp³-hybridized carbons (Fsp3) is 0.354. The molecule has 51 heavy (non-hydrogen) atoms. The zero-order valence-corrected chi connectivity index (χ0v) is 32.7. The average molecular weight is 676 g/mol. The highest BCUT2D eigenvalue weighted by Crippen LogP contribution is 2.46. The summed E-state index contributed by atoms with van der Waals surface area (Å²) in [4.78, 5) is 5.26. The molecule has 0 saturated heterocycles. The van der Waals surface area contributed by atoms with Crippen LogP contribution < -0.4 is 0 Å². The molecule has 0 N–H and O–H groups in total. The molecule has 2 aromatic heterocycles. The van der Waals surface area contributed by atoms with Crippen molar-refractivity contribution in [2.24, 2.45) is 4.99 Å². The zero-order valence-electron chi connectivity index (χ0n) is 32.7. The molecule has 0 fully saturated rings. The minimum absolute atomic E-state index is 0.00229. The van der Waals surface area contributed by atoms with Gasteiger partial charge in [-0.25, -0.2) is 0 Å². The van der Waals surface area contributed by atoms with E-state index in [0.29, 0.717) is 0 Å². The molecular weight excluding hydrogens is 623 g/mol. The van der Waals surface area contributed by atoms with Crippen LogP contribution >= 0.6 is 0 Å². The number of allylic oxidation sites excluding steroid dienone is 4. The number of aliphatic imine (C=N–C) groups is 1. The summed E-state index contributed by atoms with van der Waals surface area (Å²) in [6.07, 6.45) is 8.89. The highest BCUT2D eigenvalue weighted by molar-refractivity contribution is 6.21. The molecule has 0 saturated carbocycles. The van der Waals surface area contributed by atoms with Gasteiger partial charge in [-0.3, -0.25) is 4.99 Å². The number of hydrogen-bond donors (Lipinski definition) is 0. The maximum absolute atomic E-state index is 7.06. The van der Waals surface area contributed by atoms with Crippen LogP contribution in [0.5, 0.6) is 0 Å². The lowest BCUT2D eigenvalue weighted by Crippen LogP contribution is -2.16. The van der Waals surface area contributed by atoms with Gasteiger partial charge in [0.2, 0.25) is 0 Å². The smallest absolute Gasteiger partial charge is 0.143 e. The van der Waals surface area contributed by atoms with Crippen molar-refractivity contribution in [3.8, 4) is 11.1 Å². The van der Waals surface area contributed by atoms with Crippen LogP contribution in [0.2, 0.25) is 0 Å². The number of benzene rings is 4. The van der Waals surface area contributed by atoms with Crippen molar-refractivity contribution < 1.29 is 8.83 Å². The molecule has 0 radical (unpaired) electrons. The van der Waals surface area contributed by atoms with Gasteiger partial charge in [-0.15, -0.1) is 0 Å². The molecule has 3 heteroatoms. The molecule has 0 bridgehead atoms. The quantitative estimate of drug-likeness (QED) is 0.174. The average Bonchev–Trinajstić information content (AvgIpc) is 3.64. The first-order valence-corrected chi connectivity index (χ1v) is 18.5. The Morgan fingerprint density at radius 1 is 0.627 bits per heavy atom. The summed E-state index contributed by atoms with van der Waals surface area (Å²) >= 11 is 0. The van der Waals surface area contributed by atoms with Crippen molar-refractivity contribution in [3.63, 3.8) is 0 Å². The molecule has 0 atom stereocenters. The maximum atomic E-state index is 7.06. The second-order valence-electron chi connectivity index (χ2n) is 17.8. The molecular formula is C48H53NO2. The van der Waals surface area contributed by atoms with Crippen LogP contribution in [0.15, 0.2) is 110 Å². The van der Waals surface area contributed by atoms with Gasteiger partial charge in [-0.2, -0.15) is 0 Å². The molecule has 4 aromatic carbocycles. The summed E-state index contributed by atoms with van der Waals surface area (Å²) in [6, 6.07) is 22.3. The first-order chi connectivity index (χ1) is 23.9. The maximum Gasteiger partial charge on any atom is 0.143 e. The predicted octanol–water partition coefficient (Wildman–Crippen LogP) is 14.4. The fourth-order valence-corrected chi connectivity index (χ4v) is 7.45. The summed E-state index contributed by atoms with van der Waals surface area (Å²) in [5, 5.41) is 4.51. The first kappa shape index (κ1) is 34.8. The van der Waals surface area contributed by atoms with Crippen molar-refractivity contribution >= 4 is 49.6 Å². The van der Waals surface area contributed by atoms with Crippen LogP contribution in [-0.4, -0.2) is 5.71 Å². The number of rotatable bonds is 4. The molecule has 262 valence electrons. The van der Waals surface area contributed by atoms with Gasteiger partial charge in [0.05, 0.1) is 5.70 Å². The third-order valence-electron chi connectivity index (χ3n) is 10.4. The van der Waals surface area contributed by atoms with Gasteiger partial charge in [0, 0.05) is 49.5 Å². The molecule has 1 aliphatic carbocycles. The predicted molar refractivity (Wildman–Crippen MR) is 220 cm³/mol. The van der Waals surface area contributed by atoms with Crippen molar-refractivity contribution in [1.29, 1.82) is 0 Å². The molecule has 6 aromatic rings. The summed E-state index contributed by atoms with van der Waals surface area (Å²) < 4.78 is 13.9. The lowest BCUT2D eigenvalue weighted by molar-refractivity contribution is 0.559. The van der Waals surface area contributed by atoms with Gasteiger partial charge in [0.1, 0.15) is 22.3 Å². The minimum atomic E-state index is -0.0931. The summed E-state index contributed by atoms with van der Waals surface area (Å²) in [5.74, 6) is 0. The van der Waals surface area contributed by atoms with Crippen LogP contribution in [0.3, 0.4) is 0 Å². The van der Waals surface area contributed by atoms with E-state index >= 15 is 0 Å². The highest BCUT2D eigenvalue weighted by atomic mass is 16.3. The molecule has 3 nitrogen and oxygen atoms in total. The Bertz CT molecular complexity index is 2480. The molecule has 0 unspecified atom stereocenters. The zero-order chi connectivity index (χ0) is 36.6. The third-order valence-corrected chi connectivity index (χ3v) is 10.4. The molecule has 0 aliphatic heterocycles. The third kappa shape index (κ3) is 6.19. The van der Waals surface area contributed by atoms with Crippen LogP contribution in [0, 0.1) is 0 Å². The Balaban J connectivity index is 1.52. The monoisotopic (exact) mass is 675 g/mol. The lowest BCUT2D eigenvalue weighted by Gasteiger charge is -2.25. The standard InChI is InChI=1S/C48H53NO2/c1-28(2)42(30-18-14-13-15-19-30)49-29(3)33-20-17-23-40-41(33)35-22-16-21-34(43(35)50-40)36-24-31(46(4,5)6)25-37-38-26-32(47(7,8)9)27-39(48(10,11)12)45(38)51-44(36)37/h14,16-27H,13,15H2,1-12H3. The first-order valence-electron chi connectivity index (χ1n) is 18.5. The Morgan fingerprint density at radius 3 is 1.90 bits per heavy atom. The van der Waals surface area contributed by atoms with Gasteiger partial charge in [0.15, 0.2) is 0 Å². The van der Waals surface area contributed by atoms with Gasteiger partial charge >= 0.3 is 0 Å². The normalized spacial score (nSPS) is 14.7. The molecule has 2 heterocycles. The Kier molecular flexibility index (Phi) is 8.36. The molecule has 1 aliphatic rings. The fourth-order valence-electron chi connectivity index (χ4n) is 7.45. The summed E-state index contributed by atoms with van der Waals surface area (Å²) in [6.45, 7) is 27.0. The van der Waals surface area contributed by atoms with E-state index in [1.807, 2.05) is 0 Å². The van der Waals surface area contributed by atoms with E-state index in [1.54, 1.807) is 0 Å². The van der Waals surface area contributed by atoms with Crippen LogP contribution in [-0.2, 0) is 16.2 Å². The number of hydrogen-bond acceptors (Lipinski definition) is 3. The number of para-hydroxylation sites is 1. The van der Waals surface area contributed by atoms with Crippen LogP contribution in [0.1, 0.15) is 118 Å². The van der Waals surface area contributed by atoms with E-state index in [-0.39, 0.29) is 16.2 Å². The Labute approximate surface area is 303 Å². The van der Waals surface area contributed by atoms with E-state index in [9.17, 15) is 0 Å². The topological polar surface area (TPSA) is 38.6 Å². The van der Waals surface area contributed by atoms with Crippen molar-refractivity contribution in [1.82, 2.24) is 0 Å². The molecule has 0 spiro atoms. The van der Waals surface area contributed by atoms with Crippen molar-refractivity contribution in [2.75, 3.05) is 0 Å². The van der Waals surface area contributed by atoms with Crippen molar-refractivity contribution in [3.05, 3.63) is 118 Å². The summed E-state index contributed by atoms with van der Waals surface area (Å²) in [7, 11) is 0. The van der Waals surface area contributed by atoms with Crippen LogP contribution in [0.25, 0.3) is 55.0 Å². The second-order valence-corrected chi connectivity index (χ2v) is 17.8. The molecule has 7 rings (SSSR count). The van der Waals surface area contributed by atoms with Crippen LogP contribution in [0.4, 0.5) is 0 Å². The van der Waals surface area contributed by atoms with E-state index in [1.165, 1.54) is 33.2 Å². The summed E-state index contributed by atoms with van der Waals surface area (Å²) in [5.41, 5.74) is 14.9. The van der Waals surface area contributed by atoms with Gasteiger partial charge in [0.25, 0.3) is 0 Å². The largest absolute Gasteiger partial charge is 0.455 e. The van der Waals surface area contributed by atoms with E-state index in [0.717, 1.165) is 79.4 Å².